The van der Waals surface area contributed by atoms with Crippen LogP contribution in [0.4, 0.5) is 0 Å². The van der Waals surface area contributed by atoms with E-state index < -0.39 is 5.54 Å². The van der Waals surface area contributed by atoms with Gasteiger partial charge in [0.25, 0.3) is 0 Å². The SMILES string of the molecule is CC1CC1c1ccc(CN(C)C(=O)C2(N)CCOC2)o1. The second kappa shape index (κ2) is 4.90. The van der Waals surface area contributed by atoms with Gasteiger partial charge in [-0.2, -0.15) is 0 Å². The number of carbonyl (C=O) groups is 1. The van der Waals surface area contributed by atoms with E-state index in [9.17, 15) is 4.79 Å². The lowest BCUT2D eigenvalue weighted by Crippen LogP contribution is -2.54. The molecular formula is C15H22N2O3. The van der Waals surface area contributed by atoms with Crippen molar-refractivity contribution in [2.75, 3.05) is 20.3 Å². The molecule has 20 heavy (non-hydrogen) atoms. The molecule has 1 aromatic heterocycles. The summed E-state index contributed by atoms with van der Waals surface area (Å²) in [6.07, 6.45) is 1.78. The molecule has 0 bridgehead atoms. The van der Waals surface area contributed by atoms with Gasteiger partial charge in [0.1, 0.15) is 17.1 Å². The zero-order valence-corrected chi connectivity index (χ0v) is 12.1. The molecule has 3 rings (SSSR count). The van der Waals surface area contributed by atoms with E-state index in [4.69, 9.17) is 14.9 Å². The van der Waals surface area contributed by atoms with Crippen molar-refractivity contribution in [1.82, 2.24) is 4.90 Å². The second-order valence-electron chi connectivity index (χ2n) is 6.24. The molecule has 1 saturated carbocycles. The van der Waals surface area contributed by atoms with Gasteiger partial charge in [-0.25, -0.2) is 0 Å². The minimum atomic E-state index is -0.866. The van der Waals surface area contributed by atoms with Crippen LogP contribution in [0.1, 0.15) is 37.2 Å². The third-order valence-electron chi connectivity index (χ3n) is 4.38. The van der Waals surface area contributed by atoms with E-state index >= 15 is 0 Å². The summed E-state index contributed by atoms with van der Waals surface area (Å²) in [6, 6.07) is 3.98. The van der Waals surface area contributed by atoms with Crippen molar-refractivity contribution in [2.45, 2.75) is 37.8 Å². The number of nitrogens with two attached hydrogens (primary N) is 1. The van der Waals surface area contributed by atoms with Crippen LogP contribution in [-0.2, 0) is 16.1 Å². The van der Waals surface area contributed by atoms with Gasteiger partial charge in [-0.05, 0) is 30.9 Å². The Labute approximate surface area is 119 Å². The predicted octanol–water partition coefficient (Wildman–Crippen LogP) is 1.48. The van der Waals surface area contributed by atoms with E-state index in [1.54, 1.807) is 11.9 Å². The first-order chi connectivity index (χ1) is 9.49. The summed E-state index contributed by atoms with van der Waals surface area (Å²) < 4.78 is 11.1. The number of carbonyl (C=O) groups excluding carboxylic acids is 1. The van der Waals surface area contributed by atoms with Crippen LogP contribution in [0.2, 0.25) is 0 Å². The normalized spacial score (nSPS) is 32.4. The van der Waals surface area contributed by atoms with Gasteiger partial charge in [-0.3, -0.25) is 4.79 Å². The third kappa shape index (κ3) is 2.47. The molecule has 3 atom stereocenters. The fourth-order valence-electron chi connectivity index (χ4n) is 2.83. The largest absolute Gasteiger partial charge is 0.464 e. The lowest BCUT2D eigenvalue weighted by atomic mass is 9.98. The number of hydrogen-bond donors (Lipinski definition) is 1. The van der Waals surface area contributed by atoms with Gasteiger partial charge in [0.05, 0.1) is 13.2 Å². The van der Waals surface area contributed by atoms with Crippen LogP contribution in [-0.4, -0.2) is 36.6 Å². The summed E-state index contributed by atoms with van der Waals surface area (Å²) in [6.45, 7) is 3.54. The van der Waals surface area contributed by atoms with E-state index in [1.165, 1.54) is 6.42 Å². The van der Waals surface area contributed by atoms with Crippen molar-refractivity contribution < 1.29 is 13.9 Å². The van der Waals surface area contributed by atoms with Crippen LogP contribution >= 0.6 is 0 Å². The second-order valence-corrected chi connectivity index (χ2v) is 6.24. The first kappa shape index (κ1) is 13.6. The molecule has 1 saturated heterocycles. The summed E-state index contributed by atoms with van der Waals surface area (Å²) in [7, 11) is 1.76. The van der Waals surface area contributed by atoms with Gasteiger partial charge in [-0.15, -0.1) is 0 Å². The molecule has 0 radical (unpaired) electrons. The van der Waals surface area contributed by atoms with Gasteiger partial charge < -0.3 is 19.8 Å². The zero-order valence-electron chi connectivity index (χ0n) is 12.1. The van der Waals surface area contributed by atoms with Crippen LogP contribution in [0, 0.1) is 5.92 Å². The number of rotatable bonds is 4. The van der Waals surface area contributed by atoms with Crippen LogP contribution < -0.4 is 5.73 Å². The highest BCUT2D eigenvalue weighted by molar-refractivity contribution is 5.86. The molecule has 110 valence electrons. The van der Waals surface area contributed by atoms with E-state index in [-0.39, 0.29) is 5.91 Å². The summed E-state index contributed by atoms with van der Waals surface area (Å²) in [4.78, 5) is 14.0. The number of furan rings is 1. The number of amides is 1. The zero-order chi connectivity index (χ0) is 14.3. The first-order valence-electron chi connectivity index (χ1n) is 7.20. The molecule has 0 spiro atoms. The molecule has 3 unspecified atom stereocenters. The fourth-order valence-corrected chi connectivity index (χ4v) is 2.83. The Morgan fingerprint density at radius 2 is 2.30 bits per heavy atom. The smallest absolute Gasteiger partial charge is 0.245 e. The molecule has 1 aliphatic carbocycles. The highest BCUT2D eigenvalue weighted by Crippen LogP contribution is 2.47. The quantitative estimate of drug-likeness (QED) is 0.905. The monoisotopic (exact) mass is 278 g/mol. The van der Waals surface area contributed by atoms with Crippen molar-refractivity contribution >= 4 is 5.91 Å². The first-order valence-corrected chi connectivity index (χ1v) is 7.20. The van der Waals surface area contributed by atoms with Crippen LogP contribution in [0.5, 0.6) is 0 Å². The Hall–Kier alpha value is -1.33. The Morgan fingerprint density at radius 1 is 1.55 bits per heavy atom. The molecule has 5 heteroatoms. The molecule has 0 aromatic carbocycles. The maximum absolute atomic E-state index is 12.4. The fraction of sp³-hybridized carbons (Fsp3) is 0.667. The molecule has 1 aromatic rings. The van der Waals surface area contributed by atoms with Crippen LogP contribution in [0.15, 0.2) is 16.5 Å². The molecule has 2 aliphatic rings. The van der Waals surface area contributed by atoms with Crippen molar-refractivity contribution in [1.29, 1.82) is 0 Å². The number of nitrogens with zero attached hydrogens (tertiary/aromatic N) is 1. The van der Waals surface area contributed by atoms with Crippen molar-refractivity contribution in [3.63, 3.8) is 0 Å². The Bertz CT molecular complexity index is 505. The molecule has 2 heterocycles. The lowest BCUT2D eigenvalue weighted by Gasteiger charge is -2.26. The molecular weight excluding hydrogens is 256 g/mol. The maximum atomic E-state index is 12.4. The molecule has 5 nitrogen and oxygen atoms in total. The Kier molecular flexibility index (Phi) is 3.34. The summed E-state index contributed by atoms with van der Waals surface area (Å²) in [5.74, 6) is 3.07. The van der Waals surface area contributed by atoms with Gasteiger partial charge >= 0.3 is 0 Å². The standard InChI is InChI=1S/C15H22N2O3/c1-10-7-12(10)13-4-3-11(20-13)8-17(2)14(18)15(16)5-6-19-9-15/h3-4,10,12H,5-9,16H2,1-2H3. The van der Waals surface area contributed by atoms with Crippen molar-refractivity contribution in [3.8, 4) is 0 Å². The van der Waals surface area contributed by atoms with Gasteiger partial charge in [0, 0.05) is 19.6 Å². The molecule has 2 fully saturated rings. The van der Waals surface area contributed by atoms with Crippen molar-refractivity contribution in [2.24, 2.45) is 11.7 Å². The lowest BCUT2D eigenvalue weighted by molar-refractivity contribution is -0.136. The Morgan fingerprint density at radius 3 is 2.90 bits per heavy atom. The minimum Gasteiger partial charge on any atom is -0.464 e. The van der Waals surface area contributed by atoms with Gasteiger partial charge in [0.15, 0.2) is 0 Å². The van der Waals surface area contributed by atoms with Crippen molar-refractivity contribution in [3.05, 3.63) is 23.7 Å². The van der Waals surface area contributed by atoms with E-state index in [0.717, 1.165) is 17.4 Å². The molecule has 2 N–H and O–H groups in total. The topological polar surface area (TPSA) is 68.7 Å². The van der Waals surface area contributed by atoms with Gasteiger partial charge in [-0.1, -0.05) is 6.92 Å². The average Bonchev–Trinajstić information content (AvgIpc) is 2.83. The van der Waals surface area contributed by atoms with Crippen LogP contribution in [0.25, 0.3) is 0 Å². The van der Waals surface area contributed by atoms with Gasteiger partial charge in [0.2, 0.25) is 5.91 Å². The highest BCUT2D eigenvalue weighted by atomic mass is 16.5. The molecule has 1 aliphatic heterocycles. The van der Waals surface area contributed by atoms with E-state index in [0.29, 0.717) is 32.1 Å². The number of likely N-dealkylation sites (N-methyl/N-ethyl adjacent to an activating group) is 1. The Balaban J connectivity index is 1.62. The maximum Gasteiger partial charge on any atom is 0.245 e. The predicted molar refractivity (Wildman–Crippen MR) is 74.1 cm³/mol. The summed E-state index contributed by atoms with van der Waals surface area (Å²) >= 11 is 0. The molecule has 1 amide bonds. The van der Waals surface area contributed by atoms with E-state index in [2.05, 4.69) is 6.92 Å². The third-order valence-corrected chi connectivity index (χ3v) is 4.38. The average molecular weight is 278 g/mol. The van der Waals surface area contributed by atoms with E-state index in [1.807, 2.05) is 12.1 Å². The highest BCUT2D eigenvalue weighted by Gasteiger charge is 2.40. The number of hydrogen-bond acceptors (Lipinski definition) is 4. The summed E-state index contributed by atoms with van der Waals surface area (Å²) in [5, 5.41) is 0. The minimum absolute atomic E-state index is 0.0762. The summed E-state index contributed by atoms with van der Waals surface area (Å²) in [5.41, 5.74) is 5.23. The number of ether oxygens (including phenoxy) is 1. The van der Waals surface area contributed by atoms with Crippen LogP contribution in [0.3, 0.4) is 0 Å².